The SMILES string of the molecule is CCOc1ccc(N2C(=O)[C@@H]3[C@H](C2=O)[C@H]2C=C[C@H]3C23CC3)cc1. The molecule has 1 saturated heterocycles. The Labute approximate surface area is 135 Å². The number of allylic oxidation sites excluding steroid dienone is 2. The molecule has 0 N–H and O–H groups in total. The molecular formula is C19H19NO3. The number of hydrogen-bond donors (Lipinski definition) is 0. The van der Waals surface area contributed by atoms with Gasteiger partial charge in [-0.15, -0.1) is 0 Å². The third-order valence-electron chi connectivity index (χ3n) is 6.26. The Balaban J connectivity index is 1.48. The maximum atomic E-state index is 13.0. The molecule has 118 valence electrons. The Morgan fingerprint density at radius 3 is 2.09 bits per heavy atom. The van der Waals surface area contributed by atoms with E-state index in [0.717, 1.165) is 5.75 Å². The van der Waals surface area contributed by atoms with Crippen LogP contribution in [0.1, 0.15) is 19.8 Å². The zero-order valence-corrected chi connectivity index (χ0v) is 13.1. The number of hydrogen-bond acceptors (Lipinski definition) is 3. The van der Waals surface area contributed by atoms with E-state index in [9.17, 15) is 9.59 Å². The predicted molar refractivity (Wildman–Crippen MR) is 84.9 cm³/mol. The summed E-state index contributed by atoms with van der Waals surface area (Å²) in [7, 11) is 0. The highest BCUT2D eigenvalue weighted by Crippen LogP contribution is 2.73. The van der Waals surface area contributed by atoms with Crippen molar-refractivity contribution >= 4 is 17.5 Å². The number of anilines is 1. The third kappa shape index (κ3) is 1.51. The molecule has 3 fully saturated rings. The quantitative estimate of drug-likeness (QED) is 0.637. The number of ether oxygens (including phenoxy) is 1. The first-order valence-corrected chi connectivity index (χ1v) is 8.46. The minimum Gasteiger partial charge on any atom is -0.494 e. The summed E-state index contributed by atoms with van der Waals surface area (Å²) in [5.41, 5.74) is 0.924. The maximum absolute atomic E-state index is 13.0. The molecule has 0 radical (unpaired) electrons. The maximum Gasteiger partial charge on any atom is 0.238 e. The molecule has 1 spiro atoms. The van der Waals surface area contributed by atoms with Gasteiger partial charge in [-0.25, -0.2) is 0 Å². The zero-order chi connectivity index (χ0) is 15.8. The highest BCUT2D eigenvalue weighted by molar-refractivity contribution is 6.23. The van der Waals surface area contributed by atoms with Crippen LogP contribution in [0, 0.1) is 29.1 Å². The van der Waals surface area contributed by atoms with E-state index in [1.165, 1.54) is 17.7 Å². The van der Waals surface area contributed by atoms with Crippen LogP contribution in [0.5, 0.6) is 5.75 Å². The minimum absolute atomic E-state index is 0.00714. The van der Waals surface area contributed by atoms with Gasteiger partial charge >= 0.3 is 0 Å². The van der Waals surface area contributed by atoms with Gasteiger partial charge in [-0.1, -0.05) is 12.2 Å². The molecule has 2 amide bonds. The van der Waals surface area contributed by atoms with Crippen molar-refractivity contribution in [3.63, 3.8) is 0 Å². The van der Waals surface area contributed by atoms with E-state index < -0.39 is 0 Å². The monoisotopic (exact) mass is 309 g/mol. The van der Waals surface area contributed by atoms with Crippen LogP contribution in [0.4, 0.5) is 5.69 Å². The molecule has 0 unspecified atom stereocenters. The first-order valence-electron chi connectivity index (χ1n) is 8.46. The van der Waals surface area contributed by atoms with Crippen LogP contribution in [0.2, 0.25) is 0 Å². The number of rotatable bonds is 3. The molecule has 4 heteroatoms. The van der Waals surface area contributed by atoms with E-state index in [-0.39, 0.29) is 40.9 Å². The predicted octanol–water partition coefficient (Wildman–Crippen LogP) is 2.79. The van der Waals surface area contributed by atoms with Crippen LogP contribution in [-0.4, -0.2) is 18.4 Å². The van der Waals surface area contributed by atoms with Gasteiger partial charge in [0.2, 0.25) is 11.8 Å². The van der Waals surface area contributed by atoms with E-state index in [1.807, 2.05) is 31.2 Å². The van der Waals surface area contributed by atoms with Crippen molar-refractivity contribution in [2.24, 2.45) is 29.1 Å². The number of carbonyl (C=O) groups excluding carboxylic acids is 2. The van der Waals surface area contributed by atoms with E-state index in [2.05, 4.69) is 12.2 Å². The van der Waals surface area contributed by atoms with Crippen molar-refractivity contribution in [2.75, 3.05) is 11.5 Å². The number of benzene rings is 1. The lowest BCUT2D eigenvalue weighted by molar-refractivity contribution is -0.123. The van der Waals surface area contributed by atoms with Crippen LogP contribution < -0.4 is 9.64 Å². The summed E-state index contributed by atoms with van der Waals surface area (Å²) in [6, 6.07) is 7.26. The molecule has 1 aliphatic heterocycles. The zero-order valence-electron chi connectivity index (χ0n) is 13.1. The second-order valence-corrected chi connectivity index (χ2v) is 7.16. The van der Waals surface area contributed by atoms with Gasteiger partial charge in [-0.3, -0.25) is 14.5 Å². The van der Waals surface area contributed by atoms with Gasteiger partial charge < -0.3 is 4.74 Å². The Morgan fingerprint density at radius 2 is 1.61 bits per heavy atom. The fraction of sp³-hybridized carbons (Fsp3) is 0.474. The summed E-state index contributed by atoms with van der Waals surface area (Å²) in [6.45, 7) is 2.53. The Kier molecular flexibility index (Phi) is 2.47. The molecule has 2 saturated carbocycles. The highest BCUT2D eigenvalue weighted by Gasteiger charge is 2.73. The second-order valence-electron chi connectivity index (χ2n) is 7.16. The molecule has 1 aromatic rings. The number of fused-ring (bicyclic) bond motifs is 3. The van der Waals surface area contributed by atoms with Crippen LogP contribution in [0.3, 0.4) is 0 Å². The second kappa shape index (κ2) is 4.25. The Bertz CT molecular complexity index is 697. The smallest absolute Gasteiger partial charge is 0.238 e. The number of amides is 2. The van der Waals surface area contributed by atoms with Gasteiger partial charge in [-0.05, 0) is 61.3 Å². The highest BCUT2D eigenvalue weighted by atomic mass is 16.5. The molecule has 4 nitrogen and oxygen atoms in total. The topological polar surface area (TPSA) is 46.6 Å². The summed E-state index contributed by atoms with van der Waals surface area (Å²) < 4.78 is 5.43. The van der Waals surface area contributed by atoms with E-state index in [0.29, 0.717) is 12.3 Å². The Morgan fingerprint density at radius 1 is 1.04 bits per heavy atom. The minimum atomic E-state index is -0.133. The molecule has 4 aliphatic rings. The van der Waals surface area contributed by atoms with Crippen LogP contribution >= 0.6 is 0 Å². The first kappa shape index (κ1) is 13.3. The molecule has 1 heterocycles. The molecule has 0 aromatic heterocycles. The molecule has 23 heavy (non-hydrogen) atoms. The fourth-order valence-electron chi connectivity index (χ4n) is 5.19. The third-order valence-corrected chi connectivity index (χ3v) is 6.26. The molecule has 4 atom stereocenters. The standard InChI is InChI=1S/C19H19NO3/c1-2-23-12-5-3-11(4-6-12)20-17(21)15-13-7-8-14(16(15)18(20)22)19(13)9-10-19/h3-8,13-16H,2,9-10H2,1H3/t13-,14-,15-,16+/m1/s1. The Hall–Kier alpha value is -2.10. The van der Waals surface area contributed by atoms with E-state index in [4.69, 9.17) is 4.74 Å². The van der Waals surface area contributed by atoms with Crippen molar-refractivity contribution < 1.29 is 14.3 Å². The largest absolute Gasteiger partial charge is 0.494 e. The molecule has 3 aliphatic carbocycles. The molecular weight excluding hydrogens is 290 g/mol. The van der Waals surface area contributed by atoms with Crippen molar-refractivity contribution in [3.05, 3.63) is 36.4 Å². The summed E-state index contributed by atoms with van der Waals surface area (Å²) >= 11 is 0. The van der Waals surface area contributed by atoms with Gasteiger partial charge in [0, 0.05) is 0 Å². The van der Waals surface area contributed by atoms with Crippen molar-refractivity contribution in [2.45, 2.75) is 19.8 Å². The lowest BCUT2D eigenvalue weighted by atomic mass is 9.85. The summed E-state index contributed by atoms with van der Waals surface area (Å²) in [5, 5.41) is 0. The van der Waals surface area contributed by atoms with Crippen molar-refractivity contribution in [3.8, 4) is 5.75 Å². The summed E-state index contributed by atoms with van der Waals surface area (Å²) in [4.78, 5) is 27.3. The van der Waals surface area contributed by atoms with Crippen LogP contribution in [0.25, 0.3) is 0 Å². The van der Waals surface area contributed by atoms with Crippen molar-refractivity contribution in [1.29, 1.82) is 0 Å². The molecule has 1 aromatic carbocycles. The number of carbonyl (C=O) groups is 2. The van der Waals surface area contributed by atoms with Crippen LogP contribution in [0.15, 0.2) is 36.4 Å². The van der Waals surface area contributed by atoms with E-state index in [1.54, 1.807) is 0 Å². The van der Waals surface area contributed by atoms with Gasteiger partial charge in [0.25, 0.3) is 0 Å². The number of nitrogens with zero attached hydrogens (tertiary/aromatic N) is 1. The lowest BCUT2D eigenvalue weighted by Crippen LogP contribution is -2.34. The van der Waals surface area contributed by atoms with Gasteiger partial charge in [-0.2, -0.15) is 0 Å². The first-order chi connectivity index (χ1) is 11.2. The summed E-state index contributed by atoms with van der Waals surface area (Å²) in [6.07, 6.45) is 6.75. The van der Waals surface area contributed by atoms with Crippen LogP contribution in [-0.2, 0) is 9.59 Å². The number of imide groups is 1. The van der Waals surface area contributed by atoms with Gasteiger partial charge in [0.15, 0.2) is 0 Å². The molecule has 5 rings (SSSR count). The fourth-order valence-corrected chi connectivity index (χ4v) is 5.19. The van der Waals surface area contributed by atoms with Gasteiger partial charge in [0.05, 0.1) is 24.1 Å². The van der Waals surface area contributed by atoms with E-state index >= 15 is 0 Å². The molecule has 2 bridgehead atoms. The lowest BCUT2D eigenvalue weighted by Gasteiger charge is -2.21. The summed E-state index contributed by atoms with van der Waals surface area (Å²) in [5.74, 6) is 1.04. The average molecular weight is 309 g/mol. The van der Waals surface area contributed by atoms with Crippen molar-refractivity contribution in [1.82, 2.24) is 0 Å². The van der Waals surface area contributed by atoms with Gasteiger partial charge in [0.1, 0.15) is 5.75 Å². The average Bonchev–Trinajstić information content (AvgIpc) is 3.15. The normalized spacial score (nSPS) is 35.3.